The number of ether oxygens (including phenoxy) is 2. The van der Waals surface area contributed by atoms with E-state index in [1.54, 1.807) is 0 Å². The summed E-state index contributed by atoms with van der Waals surface area (Å²) in [6.45, 7) is 2.66. The van der Waals surface area contributed by atoms with Gasteiger partial charge in [0, 0.05) is 24.8 Å². The molecule has 6 heteroatoms. The number of benzene rings is 1. The Morgan fingerprint density at radius 2 is 1.96 bits per heavy atom. The summed E-state index contributed by atoms with van der Waals surface area (Å²) in [6.07, 6.45) is 3.19. The summed E-state index contributed by atoms with van der Waals surface area (Å²) in [4.78, 5) is 16.7. The molecule has 6 nitrogen and oxygen atoms in total. The molecular weight excluding hydrogens is 296 g/mol. The zero-order valence-electron chi connectivity index (χ0n) is 12.7. The van der Waals surface area contributed by atoms with Gasteiger partial charge in [-0.05, 0) is 36.1 Å². The van der Waals surface area contributed by atoms with Crippen LogP contribution in [0.15, 0.2) is 28.9 Å². The van der Waals surface area contributed by atoms with E-state index < -0.39 is 0 Å². The Balaban J connectivity index is 1.45. The SMILES string of the molecule is O=C(Nc1ccc2c(c1)COC2)c1coc(C2CCOCC2)n1. The van der Waals surface area contributed by atoms with Crippen molar-refractivity contribution in [3.05, 3.63) is 47.2 Å². The molecule has 1 amide bonds. The molecular formula is C17H18N2O4. The van der Waals surface area contributed by atoms with Crippen molar-refractivity contribution < 1.29 is 18.7 Å². The second-order valence-corrected chi connectivity index (χ2v) is 5.89. The number of amides is 1. The van der Waals surface area contributed by atoms with Crippen LogP contribution in [0.2, 0.25) is 0 Å². The van der Waals surface area contributed by atoms with Crippen LogP contribution in [0.1, 0.15) is 46.3 Å². The van der Waals surface area contributed by atoms with Crippen LogP contribution in [-0.4, -0.2) is 24.1 Å². The topological polar surface area (TPSA) is 73.6 Å². The fourth-order valence-corrected chi connectivity index (χ4v) is 2.97. The standard InChI is InChI=1S/C17H18N2O4/c20-16(18-14-2-1-12-8-22-9-13(12)7-14)15-10-23-17(19-15)11-3-5-21-6-4-11/h1-2,7,10-11H,3-6,8-9H2,(H,18,20). The first-order chi connectivity index (χ1) is 11.3. The average Bonchev–Trinajstić information content (AvgIpc) is 3.24. The minimum Gasteiger partial charge on any atom is -0.448 e. The zero-order valence-corrected chi connectivity index (χ0v) is 12.7. The number of hydrogen-bond donors (Lipinski definition) is 1. The van der Waals surface area contributed by atoms with Crippen LogP contribution in [0.4, 0.5) is 5.69 Å². The van der Waals surface area contributed by atoms with Gasteiger partial charge in [-0.2, -0.15) is 0 Å². The maximum absolute atomic E-state index is 12.3. The van der Waals surface area contributed by atoms with Crippen molar-refractivity contribution >= 4 is 11.6 Å². The van der Waals surface area contributed by atoms with Crippen molar-refractivity contribution in [1.82, 2.24) is 4.98 Å². The van der Waals surface area contributed by atoms with Gasteiger partial charge in [0.05, 0.1) is 13.2 Å². The molecule has 4 rings (SSSR count). The highest BCUT2D eigenvalue weighted by molar-refractivity contribution is 6.02. The fourth-order valence-electron chi connectivity index (χ4n) is 2.97. The predicted molar refractivity (Wildman–Crippen MR) is 82.2 cm³/mol. The van der Waals surface area contributed by atoms with Crippen LogP contribution in [0.3, 0.4) is 0 Å². The number of nitrogens with zero attached hydrogens (tertiary/aromatic N) is 1. The molecule has 0 spiro atoms. The van der Waals surface area contributed by atoms with Crippen LogP contribution in [0, 0.1) is 0 Å². The molecule has 0 bridgehead atoms. The average molecular weight is 314 g/mol. The van der Waals surface area contributed by atoms with Crippen molar-refractivity contribution in [3.8, 4) is 0 Å². The first-order valence-corrected chi connectivity index (χ1v) is 7.83. The van der Waals surface area contributed by atoms with Crippen LogP contribution in [0.25, 0.3) is 0 Å². The Labute approximate surface area is 133 Å². The number of rotatable bonds is 3. The molecule has 120 valence electrons. The summed E-state index contributed by atoms with van der Waals surface area (Å²) < 4.78 is 16.2. The molecule has 1 aromatic carbocycles. The molecule has 1 fully saturated rings. The third-order valence-corrected chi connectivity index (χ3v) is 4.30. The lowest BCUT2D eigenvalue weighted by atomic mass is 10.0. The highest BCUT2D eigenvalue weighted by Gasteiger charge is 2.22. The van der Waals surface area contributed by atoms with Gasteiger partial charge >= 0.3 is 0 Å². The lowest BCUT2D eigenvalue weighted by Crippen LogP contribution is -2.15. The second-order valence-electron chi connectivity index (χ2n) is 5.89. The summed E-state index contributed by atoms with van der Waals surface area (Å²) >= 11 is 0. The van der Waals surface area contributed by atoms with Gasteiger partial charge in [0.15, 0.2) is 11.6 Å². The Bertz CT molecular complexity index is 719. The van der Waals surface area contributed by atoms with Crippen LogP contribution >= 0.6 is 0 Å². The number of carbonyl (C=O) groups excluding carboxylic acids is 1. The summed E-state index contributed by atoms with van der Waals surface area (Å²) in [5.74, 6) is 0.606. The molecule has 23 heavy (non-hydrogen) atoms. The number of aromatic nitrogens is 1. The van der Waals surface area contributed by atoms with E-state index in [-0.39, 0.29) is 11.8 Å². The predicted octanol–water partition coefficient (Wildman–Crippen LogP) is 2.85. The van der Waals surface area contributed by atoms with Gasteiger partial charge in [-0.25, -0.2) is 4.98 Å². The third kappa shape index (κ3) is 3.00. The van der Waals surface area contributed by atoms with Crippen LogP contribution in [-0.2, 0) is 22.7 Å². The molecule has 2 aromatic rings. The lowest BCUT2D eigenvalue weighted by Gasteiger charge is -2.18. The van der Waals surface area contributed by atoms with Gasteiger partial charge < -0.3 is 19.2 Å². The van der Waals surface area contributed by atoms with E-state index in [0.29, 0.717) is 38.0 Å². The first kappa shape index (κ1) is 14.4. The van der Waals surface area contributed by atoms with Crippen LogP contribution in [0.5, 0.6) is 0 Å². The second kappa shape index (κ2) is 6.14. The van der Waals surface area contributed by atoms with Crippen LogP contribution < -0.4 is 5.32 Å². The summed E-state index contributed by atoms with van der Waals surface area (Å²) in [5.41, 5.74) is 3.34. The van der Waals surface area contributed by atoms with Gasteiger partial charge in [0.2, 0.25) is 0 Å². The molecule has 2 aliphatic heterocycles. The van der Waals surface area contributed by atoms with E-state index in [1.165, 1.54) is 11.8 Å². The number of carbonyl (C=O) groups is 1. The molecule has 3 heterocycles. The van der Waals surface area contributed by atoms with Crippen molar-refractivity contribution in [3.63, 3.8) is 0 Å². The number of nitrogens with one attached hydrogen (secondary N) is 1. The smallest absolute Gasteiger partial charge is 0.277 e. The van der Waals surface area contributed by atoms with E-state index in [4.69, 9.17) is 13.9 Å². The van der Waals surface area contributed by atoms with E-state index >= 15 is 0 Å². The van der Waals surface area contributed by atoms with E-state index in [9.17, 15) is 4.79 Å². The Hall–Kier alpha value is -2.18. The summed E-state index contributed by atoms with van der Waals surface area (Å²) in [6, 6.07) is 5.80. The van der Waals surface area contributed by atoms with Gasteiger partial charge in [0.1, 0.15) is 6.26 Å². The molecule has 0 atom stereocenters. The van der Waals surface area contributed by atoms with E-state index in [0.717, 1.165) is 24.1 Å². The monoisotopic (exact) mass is 314 g/mol. The third-order valence-electron chi connectivity index (χ3n) is 4.30. The van der Waals surface area contributed by atoms with Gasteiger partial charge in [-0.1, -0.05) is 6.07 Å². The molecule has 0 unspecified atom stereocenters. The van der Waals surface area contributed by atoms with Gasteiger partial charge in [-0.15, -0.1) is 0 Å². The number of hydrogen-bond acceptors (Lipinski definition) is 5. The molecule has 1 N–H and O–H groups in total. The van der Waals surface area contributed by atoms with Gasteiger partial charge in [-0.3, -0.25) is 4.79 Å². The molecule has 2 aliphatic rings. The number of fused-ring (bicyclic) bond motifs is 1. The zero-order chi connectivity index (χ0) is 15.6. The maximum atomic E-state index is 12.3. The molecule has 0 aliphatic carbocycles. The Kier molecular flexibility index (Phi) is 3.85. The lowest BCUT2D eigenvalue weighted by molar-refractivity contribution is 0.0794. The number of oxazole rings is 1. The highest BCUT2D eigenvalue weighted by Crippen LogP contribution is 2.27. The Morgan fingerprint density at radius 3 is 2.83 bits per heavy atom. The minimum absolute atomic E-state index is 0.238. The minimum atomic E-state index is -0.258. The molecule has 1 saturated heterocycles. The molecule has 1 aromatic heterocycles. The normalized spacial score (nSPS) is 17.9. The quantitative estimate of drug-likeness (QED) is 0.943. The maximum Gasteiger partial charge on any atom is 0.277 e. The van der Waals surface area contributed by atoms with E-state index in [2.05, 4.69) is 10.3 Å². The number of anilines is 1. The summed E-state index contributed by atoms with van der Waals surface area (Å²) in [5, 5.41) is 2.86. The summed E-state index contributed by atoms with van der Waals surface area (Å²) in [7, 11) is 0. The van der Waals surface area contributed by atoms with Crippen molar-refractivity contribution in [2.45, 2.75) is 32.0 Å². The largest absolute Gasteiger partial charge is 0.448 e. The van der Waals surface area contributed by atoms with E-state index in [1.807, 2.05) is 18.2 Å². The van der Waals surface area contributed by atoms with Crippen molar-refractivity contribution in [2.75, 3.05) is 18.5 Å². The van der Waals surface area contributed by atoms with Gasteiger partial charge in [0.25, 0.3) is 5.91 Å². The molecule has 0 saturated carbocycles. The van der Waals surface area contributed by atoms with Crippen molar-refractivity contribution in [2.24, 2.45) is 0 Å². The van der Waals surface area contributed by atoms with Crippen molar-refractivity contribution in [1.29, 1.82) is 0 Å². The highest BCUT2D eigenvalue weighted by atomic mass is 16.5. The molecule has 0 radical (unpaired) electrons. The fraction of sp³-hybridized carbons (Fsp3) is 0.412. The Morgan fingerprint density at radius 1 is 1.13 bits per heavy atom. The first-order valence-electron chi connectivity index (χ1n) is 7.83.